The van der Waals surface area contributed by atoms with Gasteiger partial charge >= 0.3 is 6.18 Å². The molecule has 1 N–H and O–H groups in total. The molecule has 0 saturated carbocycles. The van der Waals surface area contributed by atoms with Crippen molar-refractivity contribution >= 4 is 10.0 Å². The number of hydrogen-bond acceptors (Lipinski definition) is 3. The smallest absolute Gasteiger partial charge is 0.299 e. The van der Waals surface area contributed by atoms with Crippen LogP contribution in [-0.4, -0.2) is 39.1 Å². The third kappa shape index (κ3) is 14.3. The average molecular weight is 491 g/mol. The van der Waals surface area contributed by atoms with Crippen molar-refractivity contribution in [3.05, 3.63) is 58.5 Å². The molecule has 0 amide bonds. The molecule has 0 fully saturated rings. The first-order valence-corrected chi connectivity index (χ1v) is 13.2. The number of rotatable bonds is 9. The molecule has 0 bridgehead atoms. The first-order valence-electron chi connectivity index (χ1n) is 11.7. The zero-order valence-corrected chi connectivity index (χ0v) is 21.5. The molecule has 2 rings (SSSR count). The highest BCUT2D eigenvalue weighted by atomic mass is 32.2. The van der Waals surface area contributed by atoms with Gasteiger partial charge < -0.3 is 0 Å². The molecule has 0 aliphatic carbocycles. The van der Waals surface area contributed by atoms with Crippen molar-refractivity contribution in [2.24, 2.45) is 0 Å². The molecule has 1 aromatic rings. The van der Waals surface area contributed by atoms with Gasteiger partial charge in [-0.1, -0.05) is 63.6 Å². The van der Waals surface area contributed by atoms with Gasteiger partial charge in [-0.05, 0) is 57.2 Å². The lowest BCUT2D eigenvalue weighted by atomic mass is 10.00. The van der Waals surface area contributed by atoms with E-state index >= 15 is 0 Å². The fraction of sp³-hybridized carbons (Fsp3) is 0.600. The molecule has 4 nitrogen and oxygen atoms in total. The van der Waals surface area contributed by atoms with Crippen LogP contribution in [0.2, 0.25) is 0 Å². The van der Waals surface area contributed by atoms with Crippen LogP contribution in [-0.2, 0) is 23.0 Å². The highest BCUT2D eigenvalue weighted by molar-refractivity contribution is 7.93. The summed E-state index contributed by atoms with van der Waals surface area (Å²) >= 11 is 0. The molecule has 0 radical (unpaired) electrons. The van der Waals surface area contributed by atoms with Gasteiger partial charge in [0.25, 0.3) is 0 Å². The Labute approximate surface area is 199 Å². The number of sulfonamides is 1. The zero-order chi connectivity index (χ0) is 25.3. The second-order valence-corrected chi connectivity index (χ2v) is 9.46. The molecular formula is C25H41F3N2O2S. The van der Waals surface area contributed by atoms with Crippen LogP contribution in [0.1, 0.15) is 71.4 Å². The number of alkyl halides is 3. The minimum absolute atomic E-state index is 0.188. The minimum Gasteiger partial charge on any atom is -0.299 e. The number of allylic oxidation sites excluding steroid dienone is 4. The van der Waals surface area contributed by atoms with E-state index in [-0.39, 0.29) is 6.08 Å². The standard InChI is InChI=1S/C19H30N2O2S.C4H5F3.C2H6/c1-3-9-17(2)24(22,23)20-13-7-4-8-14-21-15-12-18-10-5-6-11-19(18)16-21;1-2-3-4(5,6)7;1-2/h5-6,9-11,20H,3-4,7-8,12-16H2,1-2H3;2-3H,1H3;1-2H3/b17-9+;3-2+;. The molecule has 0 saturated heterocycles. The summed E-state index contributed by atoms with van der Waals surface area (Å²) in [5.74, 6) is 0. The summed E-state index contributed by atoms with van der Waals surface area (Å²) in [5, 5.41) is 0. The molecule has 0 unspecified atom stereocenters. The topological polar surface area (TPSA) is 49.4 Å². The molecule has 1 aliphatic heterocycles. The van der Waals surface area contributed by atoms with Crippen LogP contribution in [0, 0.1) is 0 Å². The van der Waals surface area contributed by atoms with Crippen molar-refractivity contribution in [1.82, 2.24) is 9.62 Å². The summed E-state index contributed by atoms with van der Waals surface area (Å²) in [5.41, 5.74) is 2.94. The van der Waals surface area contributed by atoms with Crippen LogP contribution in [0.4, 0.5) is 13.2 Å². The second kappa shape index (κ2) is 16.9. The number of unbranched alkanes of at least 4 members (excludes halogenated alkanes) is 2. The lowest BCUT2D eigenvalue weighted by Gasteiger charge is -2.28. The lowest BCUT2D eigenvalue weighted by Crippen LogP contribution is -2.31. The second-order valence-electron chi connectivity index (χ2n) is 7.52. The van der Waals surface area contributed by atoms with Gasteiger partial charge in [0.2, 0.25) is 10.0 Å². The molecule has 0 atom stereocenters. The van der Waals surface area contributed by atoms with Gasteiger partial charge in [-0.3, -0.25) is 4.90 Å². The quantitative estimate of drug-likeness (QED) is 0.313. The maximum Gasteiger partial charge on any atom is 0.409 e. The molecule has 33 heavy (non-hydrogen) atoms. The predicted molar refractivity (Wildman–Crippen MR) is 132 cm³/mol. The number of nitrogens with one attached hydrogen (secondary N) is 1. The lowest BCUT2D eigenvalue weighted by molar-refractivity contribution is -0.0799. The Morgan fingerprint density at radius 2 is 1.76 bits per heavy atom. The molecule has 0 aromatic heterocycles. The van der Waals surface area contributed by atoms with Crippen molar-refractivity contribution in [3.8, 4) is 0 Å². The fourth-order valence-electron chi connectivity index (χ4n) is 3.29. The van der Waals surface area contributed by atoms with Crippen LogP contribution in [0.15, 0.2) is 47.4 Å². The van der Waals surface area contributed by atoms with E-state index < -0.39 is 16.2 Å². The van der Waals surface area contributed by atoms with E-state index in [1.807, 2.05) is 20.8 Å². The Morgan fingerprint density at radius 3 is 2.30 bits per heavy atom. The molecule has 190 valence electrons. The van der Waals surface area contributed by atoms with E-state index in [1.54, 1.807) is 13.0 Å². The third-order valence-corrected chi connectivity index (χ3v) is 6.52. The summed E-state index contributed by atoms with van der Waals surface area (Å²) in [6.45, 7) is 12.7. The zero-order valence-electron chi connectivity index (χ0n) is 20.7. The van der Waals surface area contributed by atoms with E-state index in [0.717, 1.165) is 57.8 Å². The summed E-state index contributed by atoms with van der Waals surface area (Å²) < 4.78 is 59.5. The van der Waals surface area contributed by atoms with Crippen LogP contribution in [0.5, 0.6) is 0 Å². The highest BCUT2D eigenvalue weighted by Crippen LogP contribution is 2.18. The Bertz CT molecular complexity index is 819. The molecular weight excluding hydrogens is 449 g/mol. The number of benzene rings is 1. The number of nitrogens with zero attached hydrogens (tertiary/aromatic N) is 1. The first kappa shape index (κ1) is 31.4. The fourth-order valence-corrected chi connectivity index (χ4v) is 4.32. The summed E-state index contributed by atoms with van der Waals surface area (Å²) in [7, 11) is -3.26. The maximum absolute atomic E-state index is 11.9. The first-order chi connectivity index (χ1) is 15.6. The monoisotopic (exact) mass is 490 g/mol. The highest BCUT2D eigenvalue weighted by Gasteiger charge is 2.20. The molecule has 0 spiro atoms. The van der Waals surface area contributed by atoms with Crippen LogP contribution in [0.3, 0.4) is 0 Å². The van der Waals surface area contributed by atoms with Gasteiger partial charge in [-0.2, -0.15) is 13.2 Å². The molecule has 1 aliphatic rings. The molecule has 8 heteroatoms. The number of halogens is 3. The van der Waals surface area contributed by atoms with Crippen molar-refractivity contribution in [2.45, 2.75) is 79.4 Å². The molecule has 1 aromatic carbocycles. The Kier molecular flexibility index (Phi) is 16.1. The number of hydrogen-bond donors (Lipinski definition) is 1. The Hall–Kier alpha value is -1.64. The van der Waals surface area contributed by atoms with Crippen molar-refractivity contribution in [1.29, 1.82) is 0 Å². The van der Waals surface area contributed by atoms with E-state index in [9.17, 15) is 21.6 Å². The third-order valence-electron chi connectivity index (χ3n) is 4.92. The van der Waals surface area contributed by atoms with Gasteiger partial charge in [-0.15, -0.1) is 0 Å². The van der Waals surface area contributed by atoms with Gasteiger partial charge in [-0.25, -0.2) is 13.1 Å². The SMILES string of the molecule is C/C=C/C(F)(F)F.CC.CC/C=C(\C)S(=O)(=O)NCCCCCN1CCc2ccccc2C1. The summed E-state index contributed by atoms with van der Waals surface area (Å²) in [6.07, 6.45) is 3.71. The van der Waals surface area contributed by atoms with Gasteiger partial charge in [0.05, 0.1) is 4.91 Å². The van der Waals surface area contributed by atoms with E-state index in [1.165, 1.54) is 18.1 Å². The van der Waals surface area contributed by atoms with Gasteiger partial charge in [0, 0.05) is 25.7 Å². The van der Waals surface area contributed by atoms with E-state index in [2.05, 4.69) is 33.9 Å². The Balaban J connectivity index is 0.000000973. The van der Waals surface area contributed by atoms with Crippen molar-refractivity contribution in [2.75, 3.05) is 19.6 Å². The summed E-state index contributed by atoms with van der Waals surface area (Å²) in [4.78, 5) is 2.93. The van der Waals surface area contributed by atoms with Crippen LogP contribution in [0.25, 0.3) is 0 Å². The largest absolute Gasteiger partial charge is 0.409 e. The predicted octanol–water partition coefficient (Wildman–Crippen LogP) is 6.60. The van der Waals surface area contributed by atoms with Crippen LogP contribution >= 0.6 is 0 Å². The Morgan fingerprint density at radius 1 is 1.12 bits per heavy atom. The summed E-state index contributed by atoms with van der Waals surface area (Å²) in [6, 6.07) is 8.69. The average Bonchev–Trinajstić information content (AvgIpc) is 2.77. The molecule has 1 heterocycles. The number of fused-ring (bicyclic) bond motifs is 1. The van der Waals surface area contributed by atoms with Crippen molar-refractivity contribution < 1.29 is 21.6 Å². The van der Waals surface area contributed by atoms with Gasteiger partial charge in [0.15, 0.2) is 0 Å². The maximum atomic E-state index is 11.9. The van der Waals surface area contributed by atoms with Crippen LogP contribution < -0.4 is 4.72 Å². The van der Waals surface area contributed by atoms with Gasteiger partial charge in [0.1, 0.15) is 0 Å². The normalized spacial score (nSPS) is 14.7. The minimum atomic E-state index is -4.13. The van der Waals surface area contributed by atoms with E-state index in [4.69, 9.17) is 0 Å². The van der Waals surface area contributed by atoms with E-state index in [0.29, 0.717) is 11.4 Å². The van der Waals surface area contributed by atoms with Crippen molar-refractivity contribution in [3.63, 3.8) is 0 Å².